The zero-order chi connectivity index (χ0) is 28.0. The first-order chi connectivity index (χ1) is 19.3. The molecule has 6 aromatic rings. The van der Waals surface area contributed by atoms with Crippen LogP contribution in [0.4, 0.5) is 0 Å². The van der Waals surface area contributed by atoms with Crippen LogP contribution in [-0.4, -0.2) is 21.5 Å². The Morgan fingerprint density at radius 3 is 1.43 bits per heavy atom. The van der Waals surface area contributed by atoms with Crippen molar-refractivity contribution in [2.45, 2.75) is 26.7 Å². The maximum absolute atomic E-state index is 12.7. The van der Waals surface area contributed by atoms with Crippen LogP contribution in [0.5, 0.6) is 0 Å². The minimum atomic E-state index is -0.565. The highest BCUT2D eigenvalue weighted by atomic mass is 16.4. The molecule has 4 aromatic carbocycles. The summed E-state index contributed by atoms with van der Waals surface area (Å²) in [5.41, 5.74) is 1.88. The van der Waals surface area contributed by atoms with Crippen molar-refractivity contribution in [2.24, 2.45) is 0 Å². The SMILES string of the molecule is CCC(=O)c1ccc2nc(-c3ccc4cc(-c5nc6ccc(C(=O)CC)cc6c(=O)o5)ccc4c3)oc(=O)c2c1. The first-order valence-electron chi connectivity index (χ1n) is 12.9. The Morgan fingerprint density at radius 1 is 0.600 bits per heavy atom. The summed E-state index contributed by atoms with van der Waals surface area (Å²) >= 11 is 0. The Kier molecular flexibility index (Phi) is 6.15. The van der Waals surface area contributed by atoms with Gasteiger partial charge in [0, 0.05) is 35.1 Å². The van der Waals surface area contributed by atoms with Crippen molar-refractivity contribution < 1.29 is 18.4 Å². The second-order valence-electron chi connectivity index (χ2n) is 9.41. The third-order valence-corrected chi connectivity index (χ3v) is 6.88. The molecular formula is C32H22N2O6. The van der Waals surface area contributed by atoms with Crippen molar-refractivity contribution in [3.05, 3.63) is 105 Å². The van der Waals surface area contributed by atoms with Crippen molar-refractivity contribution in [3.8, 4) is 22.9 Å². The largest absolute Gasteiger partial charge is 0.403 e. The zero-order valence-corrected chi connectivity index (χ0v) is 21.7. The molecule has 196 valence electrons. The van der Waals surface area contributed by atoms with Gasteiger partial charge in [-0.1, -0.05) is 26.0 Å². The quantitative estimate of drug-likeness (QED) is 0.228. The van der Waals surface area contributed by atoms with E-state index in [0.29, 0.717) is 46.1 Å². The van der Waals surface area contributed by atoms with Crippen LogP contribution in [0.25, 0.3) is 55.5 Å². The summed E-state index contributed by atoms with van der Waals surface area (Å²) in [5.74, 6) is 0.215. The molecule has 0 saturated carbocycles. The third-order valence-electron chi connectivity index (χ3n) is 6.88. The molecule has 0 spiro atoms. The van der Waals surface area contributed by atoms with Crippen LogP contribution in [0.2, 0.25) is 0 Å². The number of rotatable bonds is 6. The highest BCUT2D eigenvalue weighted by molar-refractivity contribution is 6.00. The second-order valence-corrected chi connectivity index (χ2v) is 9.41. The summed E-state index contributed by atoms with van der Waals surface area (Å²) in [5, 5.41) is 2.21. The number of benzene rings is 4. The van der Waals surface area contributed by atoms with Crippen LogP contribution >= 0.6 is 0 Å². The number of carbonyl (C=O) groups excluding carboxylic acids is 2. The van der Waals surface area contributed by atoms with Crippen LogP contribution in [0.3, 0.4) is 0 Å². The molecule has 0 fully saturated rings. The summed E-state index contributed by atoms with van der Waals surface area (Å²) in [6, 6.07) is 20.6. The Labute approximate surface area is 226 Å². The van der Waals surface area contributed by atoms with Gasteiger partial charge in [-0.2, -0.15) is 0 Å². The normalized spacial score (nSPS) is 11.3. The van der Waals surface area contributed by atoms with Crippen LogP contribution in [0.1, 0.15) is 47.4 Å². The van der Waals surface area contributed by atoms with Crippen molar-refractivity contribution in [2.75, 3.05) is 0 Å². The molecule has 8 nitrogen and oxygen atoms in total. The maximum Gasteiger partial charge on any atom is 0.347 e. The maximum atomic E-state index is 12.7. The van der Waals surface area contributed by atoms with Gasteiger partial charge < -0.3 is 8.83 Å². The van der Waals surface area contributed by atoms with Crippen molar-refractivity contribution >= 4 is 44.1 Å². The highest BCUT2D eigenvalue weighted by Crippen LogP contribution is 2.28. The van der Waals surface area contributed by atoms with Crippen molar-refractivity contribution in [3.63, 3.8) is 0 Å². The molecule has 0 aliphatic rings. The van der Waals surface area contributed by atoms with E-state index in [1.807, 2.05) is 24.3 Å². The molecule has 0 bridgehead atoms. The molecule has 0 amide bonds. The van der Waals surface area contributed by atoms with Crippen LogP contribution in [-0.2, 0) is 0 Å². The summed E-state index contributed by atoms with van der Waals surface area (Å²) < 4.78 is 11.0. The lowest BCUT2D eigenvalue weighted by molar-refractivity contribution is 0.0980. The number of hydrogen-bond donors (Lipinski definition) is 0. The van der Waals surface area contributed by atoms with Gasteiger partial charge in [-0.05, 0) is 71.4 Å². The van der Waals surface area contributed by atoms with Gasteiger partial charge in [0.05, 0.1) is 21.8 Å². The number of carbonyl (C=O) groups is 2. The van der Waals surface area contributed by atoms with E-state index >= 15 is 0 Å². The molecule has 0 saturated heterocycles. The lowest BCUT2D eigenvalue weighted by Gasteiger charge is -2.07. The van der Waals surface area contributed by atoms with Crippen LogP contribution in [0.15, 0.2) is 91.2 Å². The van der Waals surface area contributed by atoms with Crippen LogP contribution < -0.4 is 11.3 Å². The molecule has 0 atom stereocenters. The van der Waals surface area contributed by atoms with Gasteiger partial charge in [0.1, 0.15) is 0 Å². The van der Waals surface area contributed by atoms with E-state index in [-0.39, 0.29) is 34.1 Å². The summed E-state index contributed by atoms with van der Waals surface area (Å²) in [7, 11) is 0. The van der Waals surface area contributed by atoms with E-state index in [4.69, 9.17) is 8.83 Å². The fourth-order valence-electron chi connectivity index (χ4n) is 4.66. The Hall–Kier alpha value is -5.24. The number of fused-ring (bicyclic) bond motifs is 3. The second kappa shape index (κ2) is 9.81. The molecule has 0 aliphatic carbocycles. The Balaban J connectivity index is 1.36. The molecule has 0 unspecified atom stereocenters. The van der Waals surface area contributed by atoms with E-state index in [2.05, 4.69) is 9.97 Å². The summed E-state index contributed by atoms with van der Waals surface area (Å²) in [6.45, 7) is 3.53. The first-order valence-corrected chi connectivity index (χ1v) is 12.9. The number of Topliss-reactive ketones (excluding diaryl/α,β-unsaturated/α-hetero) is 2. The van der Waals surface area contributed by atoms with Crippen LogP contribution in [0, 0.1) is 0 Å². The molecule has 0 aliphatic heterocycles. The number of aromatic nitrogens is 2. The molecule has 40 heavy (non-hydrogen) atoms. The average molecular weight is 531 g/mol. The molecule has 6 rings (SSSR count). The van der Waals surface area contributed by atoms with Gasteiger partial charge in [0.15, 0.2) is 11.6 Å². The summed E-state index contributed by atoms with van der Waals surface area (Å²) in [4.78, 5) is 58.5. The van der Waals surface area contributed by atoms with E-state index in [1.165, 1.54) is 12.1 Å². The van der Waals surface area contributed by atoms with Gasteiger partial charge in [0.25, 0.3) is 0 Å². The average Bonchev–Trinajstić information content (AvgIpc) is 2.99. The fourth-order valence-corrected chi connectivity index (χ4v) is 4.66. The topological polar surface area (TPSA) is 120 Å². The standard InChI is InChI=1S/C32H22N2O6/c1-3-27(35)19-9-11-25-23(15-19)31(37)39-29(33-25)21-7-5-18-14-22(8-6-17(18)13-21)30-34-26-12-10-20(28(36)4-2)16-24(26)32(38)40-30/h5-16H,3-4H2,1-2H3. The lowest BCUT2D eigenvalue weighted by atomic mass is 10.0. The zero-order valence-electron chi connectivity index (χ0n) is 21.7. The van der Waals surface area contributed by atoms with Gasteiger partial charge in [-0.3, -0.25) is 9.59 Å². The highest BCUT2D eigenvalue weighted by Gasteiger charge is 2.14. The van der Waals surface area contributed by atoms with Crippen molar-refractivity contribution in [1.29, 1.82) is 0 Å². The molecule has 8 heteroatoms. The molecular weight excluding hydrogens is 508 g/mol. The number of hydrogen-bond acceptors (Lipinski definition) is 8. The number of ketones is 2. The predicted molar refractivity (Wildman–Crippen MR) is 152 cm³/mol. The Bertz CT molecular complexity index is 1970. The van der Waals surface area contributed by atoms with Gasteiger partial charge in [-0.25, -0.2) is 19.6 Å². The molecule has 2 aromatic heterocycles. The lowest BCUT2D eigenvalue weighted by Crippen LogP contribution is -2.05. The minimum Gasteiger partial charge on any atom is -0.403 e. The van der Waals surface area contributed by atoms with E-state index in [9.17, 15) is 19.2 Å². The molecule has 0 radical (unpaired) electrons. The van der Waals surface area contributed by atoms with E-state index in [1.54, 1.807) is 50.2 Å². The molecule has 0 N–H and O–H groups in total. The molecule has 2 heterocycles. The first kappa shape index (κ1) is 25.1. The van der Waals surface area contributed by atoms with E-state index < -0.39 is 11.3 Å². The fraction of sp³-hybridized carbons (Fsp3) is 0.125. The monoisotopic (exact) mass is 530 g/mol. The predicted octanol–water partition coefficient (Wildman–Crippen LogP) is 6.36. The van der Waals surface area contributed by atoms with Gasteiger partial charge in [0.2, 0.25) is 11.8 Å². The van der Waals surface area contributed by atoms with Gasteiger partial charge >= 0.3 is 11.3 Å². The minimum absolute atomic E-state index is 0.0601. The smallest absolute Gasteiger partial charge is 0.347 e. The summed E-state index contributed by atoms with van der Waals surface area (Å²) in [6.07, 6.45) is 0.679. The van der Waals surface area contributed by atoms with Gasteiger partial charge in [-0.15, -0.1) is 0 Å². The Morgan fingerprint density at radius 2 is 1.02 bits per heavy atom. The van der Waals surface area contributed by atoms with E-state index in [0.717, 1.165) is 10.8 Å². The third kappa shape index (κ3) is 4.39. The number of nitrogens with zero attached hydrogens (tertiary/aromatic N) is 2. The van der Waals surface area contributed by atoms with Crippen molar-refractivity contribution in [1.82, 2.24) is 9.97 Å².